The van der Waals surface area contributed by atoms with Gasteiger partial charge in [-0.25, -0.2) is 4.79 Å². The zero-order chi connectivity index (χ0) is 18.9. The molecule has 0 bridgehead atoms. The smallest absolute Gasteiger partial charge is 0.414 e. The molecule has 0 saturated carbocycles. The highest BCUT2D eigenvalue weighted by atomic mass is 16.6. The lowest BCUT2D eigenvalue weighted by molar-refractivity contribution is 0.0714. The number of ether oxygens (including phenoxy) is 1. The molecule has 0 aliphatic carbocycles. The second kappa shape index (κ2) is 7.32. The Bertz CT molecular complexity index is 935. The normalized spacial score (nSPS) is 23.3. The van der Waals surface area contributed by atoms with Crippen LogP contribution < -0.4 is 4.90 Å². The number of piperidine rings is 1. The van der Waals surface area contributed by atoms with E-state index in [1.54, 1.807) is 4.90 Å². The number of benzene rings is 2. The molecule has 0 radical (unpaired) electrons. The van der Waals surface area contributed by atoms with E-state index in [0.717, 1.165) is 25.2 Å². The monoisotopic (exact) mass is 375 g/mol. The third-order valence-corrected chi connectivity index (χ3v) is 5.90. The summed E-state index contributed by atoms with van der Waals surface area (Å²) < 4.78 is 5.71. The van der Waals surface area contributed by atoms with Crippen LogP contribution in [-0.2, 0) is 4.74 Å². The molecule has 2 saturated heterocycles. The zero-order valence-electron chi connectivity index (χ0n) is 15.9. The number of hydrogen-bond acceptors (Lipinski definition) is 3. The molecule has 0 spiro atoms. The number of H-pyrrole nitrogens is 1. The van der Waals surface area contributed by atoms with Crippen molar-refractivity contribution in [1.29, 1.82) is 0 Å². The SMILES string of the molecule is O=C1O[C@H](CN2CCCC[C@H]2c2cc3ccccc3[nH]2)CN1c1ccccc1. The Morgan fingerprint density at radius 1 is 1.04 bits per heavy atom. The van der Waals surface area contributed by atoms with Gasteiger partial charge >= 0.3 is 6.09 Å². The summed E-state index contributed by atoms with van der Waals surface area (Å²) in [5.74, 6) is 0. The van der Waals surface area contributed by atoms with Crippen LogP contribution in [-0.4, -0.2) is 41.7 Å². The molecule has 0 unspecified atom stereocenters. The Morgan fingerprint density at radius 2 is 1.86 bits per heavy atom. The van der Waals surface area contributed by atoms with Gasteiger partial charge in [-0.05, 0) is 49.0 Å². The van der Waals surface area contributed by atoms with Gasteiger partial charge in [0.2, 0.25) is 0 Å². The topological polar surface area (TPSA) is 48.6 Å². The summed E-state index contributed by atoms with van der Waals surface area (Å²) in [6.45, 7) is 2.42. The van der Waals surface area contributed by atoms with Crippen molar-refractivity contribution < 1.29 is 9.53 Å². The number of aromatic nitrogens is 1. The summed E-state index contributed by atoms with van der Waals surface area (Å²) in [7, 11) is 0. The van der Waals surface area contributed by atoms with Gasteiger partial charge in [0.1, 0.15) is 6.10 Å². The molecule has 2 atom stereocenters. The first kappa shape index (κ1) is 17.3. The summed E-state index contributed by atoms with van der Waals surface area (Å²) >= 11 is 0. The van der Waals surface area contributed by atoms with Gasteiger partial charge < -0.3 is 9.72 Å². The Labute approximate surface area is 164 Å². The number of anilines is 1. The Morgan fingerprint density at radius 3 is 2.71 bits per heavy atom. The molecule has 1 N–H and O–H groups in total. The number of fused-ring (bicyclic) bond motifs is 1. The van der Waals surface area contributed by atoms with E-state index in [1.165, 1.54) is 29.4 Å². The van der Waals surface area contributed by atoms with Gasteiger partial charge in [0.25, 0.3) is 0 Å². The Kier molecular flexibility index (Phi) is 4.53. The number of aromatic amines is 1. The van der Waals surface area contributed by atoms with Crippen LogP contribution in [0.25, 0.3) is 10.9 Å². The lowest BCUT2D eigenvalue weighted by Crippen LogP contribution is -2.40. The van der Waals surface area contributed by atoms with Gasteiger partial charge in [-0.2, -0.15) is 0 Å². The highest BCUT2D eigenvalue weighted by Gasteiger charge is 2.36. The fraction of sp³-hybridized carbons (Fsp3) is 0.348. The molecular weight excluding hydrogens is 350 g/mol. The second-order valence-corrected chi connectivity index (χ2v) is 7.77. The van der Waals surface area contributed by atoms with E-state index >= 15 is 0 Å². The highest BCUT2D eigenvalue weighted by Crippen LogP contribution is 2.33. The van der Waals surface area contributed by atoms with E-state index in [0.29, 0.717) is 12.6 Å². The predicted molar refractivity (Wildman–Crippen MR) is 111 cm³/mol. The number of carbonyl (C=O) groups is 1. The van der Waals surface area contributed by atoms with Crippen molar-refractivity contribution in [2.75, 3.05) is 24.5 Å². The summed E-state index contributed by atoms with van der Waals surface area (Å²) in [4.78, 5) is 20.2. The number of rotatable bonds is 4. The predicted octanol–water partition coefficient (Wildman–Crippen LogP) is 4.72. The molecule has 2 fully saturated rings. The lowest BCUT2D eigenvalue weighted by Gasteiger charge is -2.36. The largest absolute Gasteiger partial charge is 0.443 e. The summed E-state index contributed by atoms with van der Waals surface area (Å²) in [5.41, 5.74) is 3.36. The lowest BCUT2D eigenvalue weighted by atomic mass is 9.98. The molecule has 2 aromatic carbocycles. The number of nitrogens with zero attached hydrogens (tertiary/aromatic N) is 2. The number of hydrogen-bond donors (Lipinski definition) is 1. The van der Waals surface area contributed by atoms with Gasteiger partial charge in [-0.1, -0.05) is 42.8 Å². The minimum atomic E-state index is -0.240. The van der Waals surface area contributed by atoms with Gasteiger partial charge in [0, 0.05) is 29.5 Å². The fourth-order valence-electron chi connectivity index (χ4n) is 4.53. The maximum atomic E-state index is 12.4. The minimum Gasteiger partial charge on any atom is -0.443 e. The van der Waals surface area contributed by atoms with Crippen molar-refractivity contribution in [1.82, 2.24) is 9.88 Å². The molecule has 1 amide bonds. The molecule has 5 nitrogen and oxygen atoms in total. The van der Waals surface area contributed by atoms with E-state index in [2.05, 4.69) is 40.2 Å². The molecule has 5 heteroatoms. The standard InChI is InChI=1S/C23H25N3O2/c27-23-26(18-9-2-1-3-10-18)16-19(28-23)15-25-13-7-6-12-22(25)21-14-17-8-4-5-11-20(17)24-21/h1-5,8-11,14,19,22,24H,6-7,12-13,15-16H2/t19-,22+/m1/s1. The van der Waals surface area contributed by atoms with Crippen LogP contribution in [0.1, 0.15) is 31.0 Å². The van der Waals surface area contributed by atoms with Crippen LogP contribution in [0.2, 0.25) is 0 Å². The molecule has 3 heterocycles. The van der Waals surface area contributed by atoms with Crippen LogP contribution >= 0.6 is 0 Å². The Balaban J connectivity index is 1.32. The van der Waals surface area contributed by atoms with Crippen molar-refractivity contribution in [2.45, 2.75) is 31.4 Å². The first-order valence-electron chi connectivity index (χ1n) is 10.1. The molecule has 144 valence electrons. The van der Waals surface area contributed by atoms with Gasteiger partial charge in [-0.3, -0.25) is 9.80 Å². The van der Waals surface area contributed by atoms with Crippen molar-refractivity contribution >= 4 is 22.7 Å². The third-order valence-electron chi connectivity index (χ3n) is 5.90. The first-order chi connectivity index (χ1) is 13.8. The average Bonchev–Trinajstić information content (AvgIpc) is 3.32. The quantitative estimate of drug-likeness (QED) is 0.718. The van der Waals surface area contributed by atoms with E-state index in [-0.39, 0.29) is 12.2 Å². The molecule has 1 aromatic heterocycles. The van der Waals surface area contributed by atoms with E-state index in [4.69, 9.17) is 4.74 Å². The minimum absolute atomic E-state index is 0.0994. The molecule has 2 aliphatic heterocycles. The van der Waals surface area contributed by atoms with Gasteiger partial charge in [0.05, 0.1) is 6.54 Å². The first-order valence-corrected chi connectivity index (χ1v) is 10.1. The van der Waals surface area contributed by atoms with Gasteiger partial charge in [-0.15, -0.1) is 0 Å². The molecule has 28 heavy (non-hydrogen) atoms. The van der Waals surface area contributed by atoms with Crippen molar-refractivity contribution in [3.05, 3.63) is 66.4 Å². The second-order valence-electron chi connectivity index (χ2n) is 7.77. The number of nitrogens with one attached hydrogen (secondary N) is 1. The van der Waals surface area contributed by atoms with Crippen LogP contribution in [0.4, 0.5) is 10.5 Å². The molecular formula is C23H25N3O2. The third kappa shape index (κ3) is 3.27. The molecule has 5 rings (SSSR count). The van der Waals surface area contributed by atoms with E-state index in [9.17, 15) is 4.79 Å². The van der Waals surface area contributed by atoms with Crippen molar-refractivity contribution in [3.63, 3.8) is 0 Å². The summed E-state index contributed by atoms with van der Waals surface area (Å²) in [5, 5.41) is 1.26. The highest BCUT2D eigenvalue weighted by molar-refractivity contribution is 5.89. The Hall–Kier alpha value is -2.79. The van der Waals surface area contributed by atoms with Crippen LogP contribution in [0.3, 0.4) is 0 Å². The maximum Gasteiger partial charge on any atom is 0.414 e. The van der Waals surface area contributed by atoms with E-state index in [1.807, 2.05) is 30.3 Å². The number of amides is 1. The average molecular weight is 375 g/mol. The van der Waals surface area contributed by atoms with Crippen molar-refractivity contribution in [2.24, 2.45) is 0 Å². The summed E-state index contributed by atoms with van der Waals surface area (Å²) in [6, 6.07) is 20.8. The number of likely N-dealkylation sites (tertiary alicyclic amines) is 1. The number of para-hydroxylation sites is 2. The number of cyclic esters (lactones) is 1. The molecule has 2 aliphatic rings. The fourth-order valence-corrected chi connectivity index (χ4v) is 4.53. The van der Waals surface area contributed by atoms with Gasteiger partial charge in [0.15, 0.2) is 0 Å². The summed E-state index contributed by atoms with van der Waals surface area (Å²) in [6.07, 6.45) is 3.22. The van der Waals surface area contributed by atoms with Crippen LogP contribution in [0, 0.1) is 0 Å². The molecule has 3 aromatic rings. The van der Waals surface area contributed by atoms with Crippen LogP contribution in [0.15, 0.2) is 60.7 Å². The zero-order valence-corrected chi connectivity index (χ0v) is 15.9. The van der Waals surface area contributed by atoms with E-state index < -0.39 is 0 Å². The van der Waals surface area contributed by atoms with Crippen molar-refractivity contribution in [3.8, 4) is 0 Å². The van der Waals surface area contributed by atoms with Crippen LogP contribution in [0.5, 0.6) is 0 Å². The number of carbonyl (C=O) groups excluding carboxylic acids is 1. The maximum absolute atomic E-state index is 12.4.